The third-order valence-electron chi connectivity index (χ3n) is 8.24. The molecule has 12 heteroatoms. The lowest BCUT2D eigenvalue weighted by molar-refractivity contribution is -0.220. The number of benzene rings is 1. The van der Waals surface area contributed by atoms with E-state index in [1.807, 2.05) is 0 Å². The van der Waals surface area contributed by atoms with E-state index in [1.165, 1.54) is 22.9 Å². The number of alkyl halides is 3. The highest BCUT2D eigenvalue weighted by molar-refractivity contribution is 5.85. The number of anilines is 1. The molecule has 5 rings (SSSR count). The van der Waals surface area contributed by atoms with Gasteiger partial charge in [0.15, 0.2) is 11.6 Å². The number of Topliss-reactive ketones (excluding diaryl/α,β-unsaturated/α-hetero) is 1. The van der Waals surface area contributed by atoms with Crippen LogP contribution in [0.3, 0.4) is 0 Å². The van der Waals surface area contributed by atoms with Crippen molar-refractivity contribution in [2.45, 2.75) is 76.4 Å². The molecule has 2 aliphatic carbocycles. The van der Waals surface area contributed by atoms with Crippen molar-refractivity contribution in [1.82, 2.24) is 14.9 Å². The van der Waals surface area contributed by atoms with Crippen molar-refractivity contribution >= 4 is 17.3 Å². The summed E-state index contributed by atoms with van der Waals surface area (Å²) >= 11 is 0. The second-order valence-electron chi connectivity index (χ2n) is 10.9. The van der Waals surface area contributed by atoms with Crippen LogP contribution < -0.4 is 5.73 Å². The number of halogens is 5. The topological polar surface area (TPSA) is 91.3 Å². The molecule has 206 valence electrons. The first kappa shape index (κ1) is 26.8. The quantitative estimate of drug-likeness (QED) is 0.264. The molecule has 0 aliphatic heterocycles. The maximum atomic E-state index is 15.1. The Balaban J connectivity index is 1.31. The molecule has 2 saturated carbocycles. The van der Waals surface area contributed by atoms with Crippen LogP contribution in [0.1, 0.15) is 69.0 Å². The molecule has 7 nitrogen and oxygen atoms in total. The molecule has 39 heavy (non-hydrogen) atoms. The van der Waals surface area contributed by atoms with Crippen molar-refractivity contribution in [1.29, 1.82) is 0 Å². The van der Waals surface area contributed by atoms with E-state index in [1.54, 1.807) is 13.8 Å². The van der Waals surface area contributed by atoms with Crippen LogP contribution in [0, 0.1) is 23.6 Å². The lowest BCUT2D eigenvalue weighted by Gasteiger charge is -2.29. The van der Waals surface area contributed by atoms with Gasteiger partial charge in [-0.3, -0.25) is 9.48 Å². The minimum atomic E-state index is -4.28. The third kappa shape index (κ3) is 4.28. The second kappa shape index (κ2) is 9.17. The summed E-state index contributed by atoms with van der Waals surface area (Å²) in [4.78, 5) is 16.0. The van der Waals surface area contributed by atoms with Crippen LogP contribution in [0.15, 0.2) is 22.7 Å². The number of aromatic nitrogens is 3. The number of hydrogen-bond acceptors (Lipinski definition) is 5. The number of hydrogen-bond donors (Lipinski definition) is 1. The van der Waals surface area contributed by atoms with Gasteiger partial charge in [0.2, 0.25) is 0 Å². The Morgan fingerprint density at radius 3 is 2.46 bits per heavy atom. The number of ketones is 1. The van der Waals surface area contributed by atoms with Crippen LogP contribution in [-0.2, 0) is 23.1 Å². The van der Waals surface area contributed by atoms with Gasteiger partial charge in [0, 0.05) is 29.5 Å². The number of nitrogens with two attached hydrogens (primary N) is 1. The fourth-order valence-corrected chi connectivity index (χ4v) is 6.09. The summed E-state index contributed by atoms with van der Waals surface area (Å²) in [7, 11) is 0. The van der Waals surface area contributed by atoms with E-state index < -0.39 is 40.8 Å². The van der Waals surface area contributed by atoms with E-state index in [2.05, 4.69) is 15.1 Å². The fraction of sp³-hybridized carbons (Fsp3) is 0.481. The zero-order valence-corrected chi connectivity index (χ0v) is 21.3. The Labute approximate surface area is 221 Å². The second-order valence-corrected chi connectivity index (χ2v) is 10.9. The molecule has 3 aromatic rings. The molecule has 2 aromatic heterocycles. The van der Waals surface area contributed by atoms with Gasteiger partial charge in [0.25, 0.3) is 5.69 Å². The van der Waals surface area contributed by atoms with E-state index in [9.17, 15) is 22.4 Å². The number of carbonyl (C=O) groups is 1. The highest BCUT2D eigenvalue weighted by Crippen LogP contribution is 2.67. The molecule has 2 N–H and O–H groups in total. The van der Waals surface area contributed by atoms with E-state index in [4.69, 9.17) is 16.8 Å². The summed E-state index contributed by atoms with van der Waals surface area (Å²) in [5, 5.41) is 8.17. The number of nitrogen functional groups attached to an aromatic ring is 1. The molecule has 2 aliphatic rings. The lowest BCUT2D eigenvalue weighted by Crippen LogP contribution is -2.33. The molecule has 2 fully saturated rings. The molecule has 2 heterocycles. The van der Waals surface area contributed by atoms with Crippen LogP contribution in [0.5, 0.6) is 0 Å². The van der Waals surface area contributed by atoms with E-state index >= 15 is 4.39 Å². The van der Waals surface area contributed by atoms with Crippen molar-refractivity contribution in [2.75, 3.05) is 5.73 Å². The molecule has 1 aromatic carbocycles. The summed E-state index contributed by atoms with van der Waals surface area (Å²) in [5.41, 5.74) is 3.33. The number of fused-ring (bicyclic) bond motifs is 2. The number of carbonyl (C=O) groups excluding carboxylic acids is 1. The first-order valence-corrected chi connectivity index (χ1v) is 12.6. The normalized spacial score (nSPS) is 22.5. The maximum absolute atomic E-state index is 15.1. The van der Waals surface area contributed by atoms with Gasteiger partial charge in [0.1, 0.15) is 23.1 Å². The summed E-state index contributed by atoms with van der Waals surface area (Å²) in [6.45, 7) is 10.9. The first-order chi connectivity index (χ1) is 18.3. The van der Waals surface area contributed by atoms with Crippen molar-refractivity contribution in [3.63, 3.8) is 0 Å². The number of rotatable bonds is 7. The summed E-state index contributed by atoms with van der Waals surface area (Å²) in [6, 6.07) is 3.80. The Kier molecular flexibility index (Phi) is 6.31. The minimum Gasteiger partial charge on any atom is -0.393 e. The van der Waals surface area contributed by atoms with Gasteiger partial charge >= 0.3 is 6.18 Å². The molecule has 0 atom stereocenters. The standard InChI is InChI=1S/C27H26F5N5O2/c1-14(2)37-24(33)23(34-3)22(35-37)18-5-4-15(20(28)21(18)29)10-16(38)11-17-12-19(36-39-17)25-6-8-26(13-25,9-7-25)27(30,31)32/h4-5,12,14H,6-11,13,33H2,1-2H3. The average Bonchev–Trinajstić information content (AvgIpc) is 3.64. The van der Waals surface area contributed by atoms with Gasteiger partial charge in [-0.2, -0.15) is 18.3 Å². The van der Waals surface area contributed by atoms with Crippen molar-refractivity contribution in [3.05, 3.63) is 58.3 Å². The van der Waals surface area contributed by atoms with Gasteiger partial charge in [-0.1, -0.05) is 17.3 Å². The Morgan fingerprint density at radius 1 is 1.18 bits per heavy atom. The van der Waals surface area contributed by atoms with Gasteiger partial charge in [-0.05, 0) is 51.5 Å². The van der Waals surface area contributed by atoms with Crippen LogP contribution in [0.4, 0.5) is 33.5 Å². The Morgan fingerprint density at radius 2 is 1.87 bits per heavy atom. The number of nitrogens with zero attached hydrogens (tertiary/aromatic N) is 4. The summed E-state index contributed by atoms with van der Waals surface area (Å²) in [6.07, 6.45) is -4.26. The van der Waals surface area contributed by atoms with E-state index in [0.29, 0.717) is 18.5 Å². The molecule has 0 spiro atoms. The predicted molar refractivity (Wildman–Crippen MR) is 131 cm³/mol. The fourth-order valence-electron chi connectivity index (χ4n) is 6.09. The monoisotopic (exact) mass is 547 g/mol. The van der Waals surface area contributed by atoms with Crippen molar-refractivity contribution in [3.8, 4) is 11.3 Å². The van der Waals surface area contributed by atoms with Gasteiger partial charge in [0.05, 0.1) is 24.1 Å². The van der Waals surface area contributed by atoms with E-state index in [0.717, 1.165) is 0 Å². The van der Waals surface area contributed by atoms with E-state index in [-0.39, 0.29) is 65.8 Å². The molecule has 0 saturated heterocycles. The predicted octanol–water partition coefficient (Wildman–Crippen LogP) is 6.65. The van der Waals surface area contributed by atoms with Gasteiger partial charge < -0.3 is 10.3 Å². The highest BCUT2D eigenvalue weighted by Gasteiger charge is 2.67. The smallest absolute Gasteiger partial charge is 0.393 e. The largest absolute Gasteiger partial charge is 0.394 e. The molecular weight excluding hydrogens is 521 g/mol. The molecule has 0 amide bonds. The Bertz CT molecular complexity index is 1490. The van der Waals surface area contributed by atoms with Crippen LogP contribution in [0.25, 0.3) is 16.1 Å². The molecule has 0 unspecified atom stereocenters. The van der Waals surface area contributed by atoms with Crippen molar-refractivity contribution < 1.29 is 31.3 Å². The van der Waals surface area contributed by atoms with Crippen molar-refractivity contribution in [2.24, 2.45) is 5.41 Å². The molecule has 0 radical (unpaired) electrons. The maximum Gasteiger partial charge on any atom is 0.394 e. The average molecular weight is 548 g/mol. The van der Waals surface area contributed by atoms with Gasteiger partial charge in [-0.25, -0.2) is 13.6 Å². The van der Waals surface area contributed by atoms with Crippen LogP contribution in [0.2, 0.25) is 0 Å². The highest BCUT2D eigenvalue weighted by atomic mass is 19.4. The Hall–Kier alpha value is -3.75. The van der Waals surface area contributed by atoms with Gasteiger partial charge in [-0.15, -0.1) is 0 Å². The van der Waals surface area contributed by atoms with Crippen LogP contribution in [-0.4, -0.2) is 26.9 Å². The first-order valence-electron chi connectivity index (χ1n) is 12.6. The zero-order valence-electron chi connectivity index (χ0n) is 21.3. The summed E-state index contributed by atoms with van der Waals surface area (Å²) in [5.74, 6) is -2.78. The third-order valence-corrected chi connectivity index (χ3v) is 8.24. The lowest BCUT2D eigenvalue weighted by atomic mass is 9.80. The molecule has 2 bridgehead atoms. The summed E-state index contributed by atoms with van der Waals surface area (Å²) < 4.78 is 77.5. The minimum absolute atomic E-state index is 0.0410. The van der Waals surface area contributed by atoms with Crippen LogP contribution >= 0.6 is 0 Å². The molecular formula is C27H26F5N5O2. The SMILES string of the molecule is [C-]#[N+]c1c(-c2ccc(CC(=O)Cc3cc(C45CCC(C(F)(F)F)(CC4)C5)no3)c(F)c2F)nn(C(C)C)c1N. The zero-order chi connectivity index (χ0) is 28.3.